The SMILES string of the molecule is O=C(O)c1ccc(S(=O)(=O)NC2CC=CCC2)c(Br)c1. The van der Waals surface area contributed by atoms with Gasteiger partial charge in [0.1, 0.15) is 0 Å². The van der Waals surface area contributed by atoms with Crippen molar-refractivity contribution in [2.45, 2.75) is 30.2 Å². The zero-order valence-corrected chi connectivity index (χ0v) is 12.9. The van der Waals surface area contributed by atoms with Gasteiger partial charge in [-0.3, -0.25) is 0 Å². The van der Waals surface area contributed by atoms with Crippen LogP contribution in [0.5, 0.6) is 0 Å². The molecule has 1 aromatic carbocycles. The third-order valence-electron chi connectivity index (χ3n) is 3.06. The van der Waals surface area contributed by atoms with E-state index in [-0.39, 0.29) is 21.0 Å². The Morgan fingerprint density at radius 3 is 2.65 bits per heavy atom. The third-order valence-corrected chi connectivity index (χ3v) is 5.56. The highest BCUT2D eigenvalue weighted by Gasteiger charge is 2.23. The van der Waals surface area contributed by atoms with E-state index in [2.05, 4.69) is 20.7 Å². The minimum atomic E-state index is -3.66. The molecule has 5 nitrogen and oxygen atoms in total. The van der Waals surface area contributed by atoms with Crippen molar-refractivity contribution < 1.29 is 18.3 Å². The predicted octanol–water partition coefficient (Wildman–Crippen LogP) is 2.53. The molecule has 1 atom stereocenters. The Hall–Kier alpha value is -1.18. The molecule has 0 aliphatic heterocycles. The number of allylic oxidation sites excluding steroid dienone is 1. The summed E-state index contributed by atoms with van der Waals surface area (Å²) in [5, 5.41) is 8.87. The van der Waals surface area contributed by atoms with Gasteiger partial charge in [-0.05, 0) is 53.4 Å². The Kier molecular flexibility index (Phi) is 4.62. The lowest BCUT2D eigenvalue weighted by Gasteiger charge is -2.19. The van der Waals surface area contributed by atoms with E-state index in [0.29, 0.717) is 6.42 Å². The van der Waals surface area contributed by atoms with Crippen molar-refractivity contribution in [1.82, 2.24) is 4.72 Å². The highest BCUT2D eigenvalue weighted by atomic mass is 79.9. The van der Waals surface area contributed by atoms with Crippen molar-refractivity contribution >= 4 is 31.9 Å². The molecule has 1 aliphatic carbocycles. The van der Waals surface area contributed by atoms with Gasteiger partial charge in [0.2, 0.25) is 10.0 Å². The number of hydrogen-bond donors (Lipinski definition) is 2. The fraction of sp³-hybridized carbons (Fsp3) is 0.308. The summed E-state index contributed by atoms with van der Waals surface area (Å²) < 4.78 is 27.5. The summed E-state index contributed by atoms with van der Waals surface area (Å²) in [6.07, 6.45) is 6.28. The second-order valence-corrected chi connectivity index (χ2v) is 7.09. The van der Waals surface area contributed by atoms with Gasteiger partial charge in [-0.1, -0.05) is 12.2 Å². The van der Waals surface area contributed by atoms with Crippen LogP contribution in [-0.2, 0) is 10.0 Å². The Labute approximate surface area is 125 Å². The minimum absolute atomic E-state index is 0.0384. The van der Waals surface area contributed by atoms with Crippen LogP contribution >= 0.6 is 15.9 Å². The van der Waals surface area contributed by atoms with Crippen LogP contribution in [0.3, 0.4) is 0 Å². The first kappa shape index (κ1) is 15.2. The molecule has 2 N–H and O–H groups in total. The van der Waals surface area contributed by atoms with Crippen molar-refractivity contribution in [3.05, 3.63) is 40.4 Å². The summed E-state index contributed by atoms with van der Waals surface area (Å²) in [6.45, 7) is 0. The lowest BCUT2D eigenvalue weighted by atomic mass is 10.0. The summed E-state index contributed by atoms with van der Waals surface area (Å²) in [5.41, 5.74) is 0.0384. The highest BCUT2D eigenvalue weighted by molar-refractivity contribution is 9.10. The van der Waals surface area contributed by atoms with E-state index in [1.165, 1.54) is 18.2 Å². The van der Waals surface area contributed by atoms with Crippen molar-refractivity contribution in [2.24, 2.45) is 0 Å². The van der Waals surface area contributed by atoms with Gasteiger partial charge in [0.25, 0.3) is 0 Å². The smallest absolute Gasteiger partial charge is 0.335 e. The molecular weight excluding hydrogens is 346 g/mol. The Morgan fingerprint density at radius 1 is 1.35 bits per heavy atom. The molecule has 0 heterocycles. The lowest BCUT2D eigenvalue weighted by Crippen LogP contribution is -2.35. The molecule has 0 aromatic heterocycles. The molecular formula is C13H14BrNO4S. The van der Waals surface area contributed by atoms with Gasteiger partial charge in [-0.25, -0.2) is 17.9 Å². The number of hydrogen-bond acceptors (Lipinski definition) is 3. The fourth-order valence-electron chi connectivity index (χ4n) is 2.04. The van der Waals surface area contributed by atoms with Crippen LogP contribution in [0.15, 0.2) is 39.7 Å². The van der Waals surface area contributed by atoms with Gasteiger partial charge in [0.15, 0.2) is 0 Å². The quantitative estimate of drug-likeness (QED) is 0.809. The van der Waals surface area contributed by atoms with Gasteiger partial charge < -0.3 is 5.11 Å². The van der Waals surface area contributed by atoms with E-state index >= 15 is 0 Å². The number of benzene rings is 1. The molecule has 1 unspecified atom stereocenters. The molecule has 1 aliphatic rings. The zero-order valence-electron chi connectivity index (χ0n) is 10.5. The van der Waals surface area contributed by atoms with E-state index in [1.54, 1.807) is 0 Å². The van der Waals surface area contributed by atoms with Crippen molar-refractivity contribution in [1.29, 1.82) is 0 Å². The number of carboxylic acids is 1. The van der Waals surface area contributed by atoms with E-state index in [0.717, 1.165) is 12.8 Å². The molecule has 0 radical (unpaired) electrons. The van der Waals surface area contributed by atoms with Crippen LogP contribution < -0.4 is 4.72 Å². The first-order chi connectivity index (χ1) is 9.40. The van der Waals surface area contributed by atoms with E-state index in [4.69, 9.17) is 5.11 Å². The van der Waals surface area contributed by atoms with Crippen LogP contribution in [0.25, 0.3) is 0 Å². The van der Waals surface area contributed by atoms with Gasteiger partial charge in [-0.2, -0.15) is 0 Å². The lowest BCUT2D eigenvalue weighted by molar-refractivity contribution is 0.0696. The molecule has 0 spiro atoms. The Balaban J connectivity index is 2.25. The summed E-state index contributed by atoms with van der Waals surface area (Å²) in [6, 6.07) is 3.75. The molecule has 2 rings (SSSR count). The van der Waals surface area contributed by atoms with Gasteiger partial charge in [0, 0.05) is 10.5 Å². The Bertz CT molecular complexity index is 654. The molecule has 0 fully saturated rings. The number of nitrogens with one attached hydrogen (secondary N) is 1. The van der Waals surface area contributed by atoms with Crippen LogP contribution in [0.2, 0.25) is 0 Å². The number of halogens is 1. The molecule has 1 aromatic rings. The number of aromatic carboxylic acids is 1. The maximum absolute atomic E-state index is 12.3. The number of carboxylic acid groups (broad SMARTS) is 1. The average Bonchev–Trinajstić information content (AvgIpc) is 2.38. The normalized spacial score (nSPS) is 18.9. The maximum atomic E-state index is 12.3. The van der Waals surface area contributed by atoms with Gasteiger partial charge in [0.05, 0.1) is 10.5 Å². The van der Waals surface area contributed by atoms with E-state index in [9.17, 15) is 13.2 Å². The minimum Gasteiger partial charge on any atom is -0.478 e. The summed E-state index contributed by atoms with van der Waals surface area (Å²) in [7, 11) is -3.66. The fourth-order valence-corrected chi connectivity index (χ4v) is 4.40. The summed E-state index contributed by atoms with van der Waals surface area (Å²) in [5.74, 6) is -1.10. The highest BCUT2D eigenvalue weighted by Crippen LogP contribution is 2.24. The predicted molar refractivity (Wildman–Crippen MR) is 78.2 cm³/mol. The number of rotatable bonds is 4. The van der Waals surface area contributed by atoms with E-state index < -0.39 is 16.0 Å². The standard InChI is InChI=1S/C13H14BrNO4S/c14-11-8-9(13(16)17)6-7-12(11)20(18,19)15-10-4-2-1-3-5-10/h1-2,6-8,10,15H,3-5H2,(H,16,17). The van der Waals surface area contributed by atoms with Crippen LogP contribution in [-0.4, -0.2) is 25.5 Å². The topological polar surface area (TPSA) is 83.5 Å². The first-order valence-electron chi connectivity index (χ1n) is 6.10. The zero-order chi connectivity index (χ0) is 14.8. The second-order valence-electron chi connectivity index (χ2n) is 4.55. The van der Waals surface area contributed by atoms with Crippen LogP contribution in [0.4, 0.5) is 0 Å². The van der Waals surface area contributed by atoms with Crippen molar-refractivity contribution in [3.63, 3.8) is 0 Å². The molecule has 0 amide bonds. The largest absolute Gasteiger partial charge is 0.478 e. The second kappa shape index (κ2) is 6.07. The maximum Gasteiger partial charge on any atom is 0.335 e. The number of carbonyl (C=O) groups is 1. The summed E-state index contributed by atoms with van der Waals surface area (Å²) in [4.78, 5) is 10.9. The molecule has 0 bridgehead atoms. The van der Waals surface area contributed by atoms with Gasteiger partial charge >= 0.3 is 5.97 Å². The molecule has 20 heavy (non-hydrogen) atoms. The molecule has 0 saturated carbocycles. The summed E-state index contributed by atoms with van der Waals surface area (Å²) >= 11 is 3.12. The number of sulfonamides is 1. The van der Waals surface area contributed by atoms with Gasteiger partial charge in [-0.15, -0.1) is 0 Å². The molecule has 108 valence electrons. The Morgan fingerprint density at radius 2 is 2.10 bits per heavy atom. The third kappa shape index (κ3) is 3.47. The monoisotopic (exact) mass is 359 g/mol. The first-order valence-corrected chi connectivity index (χ1v) is 8.38. The average molecular weight is 360 g/mol. The van der Waals surface area contributed by atoms with Crippen LogP contribution in [0.1, 0.15) is 29.6 Å². The van der Waals surface area contributed by atoms with Crippen molar-refractivity contribution in [3.8, 4) is 0 Å². The molecule has 0 saturated heterocycles. The van der Waals surface area contributed by atoms with Crippen molar-refractivity contribution in [2.75, 3.05) is 0 Å². The van der Waals surface area contributed by atoms with E-state index in [1.807, 2.05) is 12.2 Å². The molecule has 7 heteroatoms. The van der Waals surface area contributed by atoms with Crippen LogP contribution in [0, 0.1) is 0 Å².